The standard InChI is InChI=1S/C19H20N2/c1-4-15-9-5-7-11-18(15)20-13-17-14(2)21(3)19-12-8-6-10-16(17)19/h5-13H,4H2,1-3H3. The molecule has 0 atom stereocenters. The Morgan fingerprint density at radius 2 is 1.76 bits per heavy atom. The predicted molar refractivity (Wildman–Crippen MR) is 90.7 cm³/mol. The topological polar surface area (TPSA) is 17.3 Å². The molecule has 0 unspecified atom stereocenters. The van der Waals surface area contributed by atoms with Crippen LogP contribution in [-0.4, -0.2) is 10.8 Å². The van der Waals surface area contributed by atoms with E-state index in [2.05, 4.69) is 67.9 Å². The van der Waals surface area contributed by atoms with Crippen molar-refractivity contribution in [2.24, 2.45) is 12.0 Å². The summed E-state index contributed by atoms with van der Waals surface area (Å²) < 4.78 is 2.22. The second-order valence-electron chi connectivity index (χ2n) is 5.32. The maximum absolute atomic E-state index is 4.73. The number of aliphatic imine (C=N–C) groups is 1. The van der Waals surface area contributed by atoms with Crippen molar-refractivity contribution in [2.45, 2.75) is 20.3 Å². The van der Waals surface area contributed by atoms with Crippen LogP contribution in [0.15, 0.2) is 53.5 Å². The largest absolute Gasteiger partial charge is 0.347 e. The molecule has 0 fully saturated rings. The van der Waals surface area contributed by atoms with E-state index in [9.17, 15) is 0 Å². The number of rotatable bonds is 3. The molecule has 0 amide bonds. The van der Waals surface area contributed by atoms with Gasteiger partial charge in [0.15, 0.2) is 0 Å². The van der Waals surface area contributed by atoms with E-state index in [4.69, 9.17) is 4.99 Å². The van der Waals surface area contributed by atoms with Crippen LogP contribution in [0.4, 0.5) is 5.69 Å². The molecule has 2 aromatic carbocycles. The lowest BCUT2D eigenvalue weighted by Gasteiger charge is -2.01. The van der Waals surface area contributed by atoms with Crippen molar-refractivity contribution in [3.63, 3.8) is 0 Å². The molecular weight excluding hydrogens is 256 g/mol. The Labute approximate surface area is 125 Å². The van der Waals surface area contributed by atoms with Crippen molar-refractivity contribution >= 4 is 22.8 Å². The summed E-state index contributed by atoms with van der Waals surface area (Å²) in [4.78, 5) is 4.73. The molecule has 0 N–H and O–H groups in total. The zero-order chi connectivity index (χ0) is 14.8. The van der Waals surface area contributed by atoms with Gasteiger partial charge in [-0.15, -0.1) is 0 Å². The van der Waals surface area contributed by atoms with Crippen molar-refractivity contribution in [1.29, 1.82) is 0 Å². The third-order valence-corrected chi connectivity index (χ3v) is 4.15. The van der Waals surface area contributed by atoms with Gasteiger partial charge in [-0.2, -0.15) is 0 Å². The molecule has 106 valence electrons. The van der Waals surface area contributed by atoms with Crippen LogP contribution in [0.1, 0.15) is 23.7 Å². The average molecular weight is 276 g/mol. The van der Waals surface area contributed by atoms with E-state index >= 15 is 0 Å². The van der Waals surface area contributed by atoms with Crippen LogP contribution in [0, 0.1) is 6.92 Å². The molecule has 0 radical (unpaired) electrons. The Morgan fingerprint density at radius 1 is 1.05 bits per heavy atom. The number of hydrogen-bond donors (Lipinski definition) is 0. The normalized spacial score (nSPS) is 11.6. The van der Waals surface area contributed by atoms with E-state index in [1.165, 1.54) is 27.7 Å². The number of aromatic nitrogens is 1. The fraction of sp³-hybridized carbons (Fsp3) is 0.211. The van der Waals surface area contributed by atoms with Crippen molar-refractivity contribution < 1.29 is 0 Å². The lowest BCUT2D eigenvalue weighted by Crippen LogP contribution is -1.91. The van der Waals surface area contributed by atoms with Crippen LogP contribution in [-0.2, 0) is 13.5 Å². The summed E-state index contributed by atoms with van der Waals surface area (Å²) in [7, 11) is 2.11. The van der Waals surface area contributed by atoms with E-state index in [0.29, 0.717) is 0 Å². The zero-order valence-corrected chi connectivity index (χ0v) is 12.8. The Kier molecular flexibility index (Phi) is 3.61. The Balaban J connectivity index is 2.10. The van der Waals surface area contributed by atoms with Gasteiger partial charge in [-0.05, 0) is 31.0 Å². The molecule has 0 spiro atoms. The van der Waals surface area contributed by atoms with Gasteiger partial charge in [0, 0.05) is 35.4 Å². The third-order valence-electron chi connectivity index (χ3n) is 4.15. The molecule has 0 saturated heterocycles. The molecule has 0 bridgehead atoms. The minimum Gasteiger partial charge on any atom is -0.347 e. The Morgan fingerprint density at radius 3 is 2.57 bits per heavy atom. The Hall–Kier alpha value is -2.35. The number of para-hydroxylation sites is 2. The van der Waals surface area contributed by atoms with E-state index in [-0.39, 0.29) is 0 Å². The van der Waals surface area contributed by atoms with Gasteiger partial charge >= 0.3 is 0 Å². The van der Waals surface area contributed by atoms with Gasteiger partial charge in [0.2, 0.25) is 0 Å². The highest BCUT2D eigenvalue weighted by Gasteiger charge is 2.09. The molecule has 1 aromatic heterocycles. The van der Waals surface area contributed by atoms with Gasteiger partial charge in [0.1, 0.15) is 0 Å². The summed E-state index contributed by atoms with van der Waals surface area (Å²) in [5.74, 6) is 0. The summed E-state index contributed by atoms with van der Waals surface area (Å²) in [5.41, 5.74) is 6.05. The molecule has 21 heavy (non-hydrogen) atoms. The summed E-state index contributed by atoms with van der Waals surface area (Å²) in [6.07, 6.45) is 3.01. The van der Waals surface area contributed by atoms with Crippen LogP contribution in [0.3, 0.4) is 0 Å². The summed E-state index contributed by atoms with van der Waals surface area (Å²) >= 11 is 0. The smallest absolute Gasteiger partial charge is 0.0661 e. The van der Waals surface area contributed by atoms with Crippen molar-refractivity contribution in [3.05, 3.63) is 65.4 Å². The highest BCUT2D eigenvalue weighted by atomic mass is 14.9. The predicted octanol–water partition coefficient (Wildman–Crippen LogP) is 4.80. The minimum absolute atomic E-state index is 1.00. The van der Waals surface area contributed by atoms with Crippen molar-refractivity contribution in [3.8, 4) is 0 Å². The molecule has 3 rings (SSSR count). The molecule has 1 heterocycles. The molecule has 0 aliphatic carbocycles. The zero-order valence-electron chi connectivity index (χ0n) is 12.8. The maximum Gasteiger partial charge on any atom is 0.0661 e. The Bertz CT molecular complexity index is 810. The number of nitrogens with zero attached hydrogens (tertiary/aromatic N) is 2. The monoisotopic (exact) mass is 276 g/mol. The van der Waals surface area contributed by atoms with E-state index in [0.717, 1.165) is 12.1 Å². The SMILES string of the molecule is CCc1ccccc1N=Cc1c(C)n(C)c2ccccc12. The van der Waals surface area contributed by atoms with Crippen LogP contribution in [0.2, 0.25) is 0 Å². The first kappa shape index (κ1) is 13.6. The fourth-order valence-corrected chi connectivity index (χ4v) is 2.78. The number of aryl methyl sites for hydroxylation is 2. The first-order valence-corrected chi connectivity index (χ1v) is 7.38. The third kappa shape index (κ3) is 2.38. The average Bonchev–Trinajstić information content (AvgIpc) is 2.78. The van der Waals surface area contributed by atoms with Crippen molar-refractivity contribution in [2.75, 3.05) is 0 Å². The van der Waals surface area contributed by atoms with Gasteiger partial charge in [0.25, 0.3) is 0 Å². The summed E-state index contributed by atoms with van der Waals surface area (Å²) in [6, 6.07) is 16.8. The van der Waals surface area contributed by atoms with E-state index in [1.54, 1.807) is 0 Å². The van der Waals surface area contributed by atoms with Gasteiger partial charge < -0.3 is 4.57 Å². The van der Waals surface area contributed by atoms with Gasteiger partial charge in [0.05, 0.1) is 5.69 Å². The second-order valence-corrected chi connectivity index (χ2v) is 5.32. The van der Waals surface area contributed by atoms with Gasteiger partial charge in [-0.1, -0.05) is 43.3 Å². The fourth-order valence-electron chi connectivity index (χ4n) is 2.78. The maximum atomic E-state index is 4.73. The highest BCUT2D eigenvalue weighted by molar-refractivity contribution is 6.01. The van der Waals surface area contributed by atoms with Gasteiger partial charge in [-0.3, -0.25) is 4.99 Å². The van der Waals surface area contributed by atoms with Crippen LogP contribution >= 0.6 is 0 Å². The summed E-state index contributed by atoms with van der Waals surface area (Å²) in [6.45, 7) is 4.31. The second kappa shape index (κ2) is 5.57. The molecule has 0 aliphatic heterocycles. The number of benzene rings is 2. The number of hydrogen-bond acceptors (Lipinski definition) is 1. The highest BCUT2D eigenvalue weighted by Crippen LogP contribution is 2.25. The van der Waals surface area contributed by atoms with E-state index < -0.39 is 0 Å². The van der Waals surface area contributed by atoms with E-state index in [1.807, 2.05) is 12.3 Å². The molecule has 3 aromatic rings. The molecule has 0 saturated carbocycles. The van der Waals surface area contributed by atoms with Crippen molar-refractivity contribution in [1.82, 2.24) is 4.57 Å². The molecule has 2 nitrogen and oxygen atoms in total. The van der Waals surface area contributed by atoms with Gasteiger partial charge in [-0.25, -0.2) is 0 Å². The quantitative estimate of drug-likeness (QED) is 0.611. The first-order valence-electron chi connectivity index (χ1n) is 7.38. The van der Waals surface area contributed by atoms with Crippen LogP contribution < -0.4 is 0 Å². The number of fused-ring (bicyclic) bond motifs is 1. The lowest BCUT2D eigenvalue weighted by atomic mass is 10.1. The van der Waals surface area contributed by atoms with Crippen LogP contribution in [0.25, 0.3) is 10.9 Å². The molecule has 0 aliphatic rings. The summed E-state index contributed by atoms with van der Waals surface area (Å²) in [5, 5.41) is 1.26. The minimum atomic E-state index is 1.00. The molecule has 2 heteroatoms. The van der Waals surface area contributed by atoms with Crippen LogP contribution in [0.5, 0.6) is 0 Å². The molecular formula is C19H20N2. The lowest BCUT2D eigenvalue weighted by molar-refractivity contribution is 0.917. The first-order chi connectivity index (χ1) is 10.2.